The fraction of sp³-hybridized carbons (Fsp3) is 0.706. The summed E-state index contributed by atoms with van der Waals surface area (Å²) in [5.41, 5.74) is 2.73. The summed E-state index contributed by atoms with van der Waals surface area (Å²) in [6.07, 6.45) is 0.396. The molecule has 0 saturated carbocycles. The Morgan fingerprint density at radius 1 is 0.830 bits per heavy atom. The average molecular weight is 687 g/mol. The van der Waals surface area contributed by atoms with Crippen molar-refractivity contribution in [3.63, 3.8) is 0 Å². The predicted molar refractivity (Wildman–Crippen MR) is 157 cm³/mol. The summed E-state index contributed by atoms with van der Waals surface area (Å²) < 4.78 is 128. The van der Waals surface area contributed by atoms with E-state index in [-0.39, 0.29) is 37.3 Å². The number of alkyl halides is 9. The van der Waals surface area contributed by atoms with Gasteiger partial charge in [-0.25, -0.2) is 0 Å². The molecule has 0 spiro atoms. The van der Waals surface area contributed by atoms with Gasteiger partial charge in [0.25, 0.3) is 0 Å². The number of benzene rings is 1. The number of rotatable bonds is 16. The zero-order chi connectivity index (χ0) is 35.0. The second kappa shape index (κ2) is 16.1. The third-order valence-corrected chi connectivity index (χ3v) is 9.03. The van der Waals surface area contributed by atoms with Crippen LogP contribution in [-0.2, 0) is 27.2 Å². The number of carbonyl (C=O) groups is 2. The Hall–Kier alpha value is -2.73. The smallest absolute Gasteiger partial charge is 0.460 e. The summed E-state index contributed by atoms with van der Waals surface area (Å²) in [5.74, 6) is -20.0. The van der Waals surface area contributed by atoms with Crippen molar-refractivity contribution in [1.82, 2.24) is 0 Å². The van der Waals surface area contributed by atoms with E-state index in [1.807, 2.05) is 13.0 Å². The van der Waals surface area contributed by atoms with Crippen molar-refractivity contribution in [3.05, 3.63) is 41.0 Å². The van der Waals surface area contributed by atoms with Crippen LogP contribution in [0.1, 0.15) is 108 Å². The van der Waals surface area contributed by atoms with Crippen LogP contribution in [0.2, 0.25) is 0 Å². The van der Waals surface area contributed by atoms with Crippen LogP contribution in [0.5, 0.6) is 5.75 Å². The van der Waals surface area contributed by atoms with Gasteiger partial charge in [0.1, 0.15) is 5.75 Å². The van der Waals surface area contributed by atoms with Gasteiger partial charge < -0.3 is 9.47 Å². The third-order valence-electron chi connectivity index (χ3n) is 9.03. The molecule has 0 fully saturated rings. The van der Waals surface area contributed by atoms with Crippen LogP contribution < -0.4 is 4.74 Å². The number of fused-ring (bicyclic) bond motifs is 1. The van der Waals surface area contributed by atoms with Gasteiger partial charge in [0.05, 0.1) is 17.9 Å². The minimum Gasteiger partial charge on any atom is -0.462 e. The number of aryl methyl sites for hydroxylation is 1. The van der Waals surface area contributed by atoms with Crippen LogP contribution >= 0.6 is 0 Å². The molecule has 0 aromatic heterocycles. The van der Waals surface area contributed by atoms with E-state index in [9.17, 15) is 49.1 Å². The van der Waals surface area contributed by atoms with E-state index in [0.29, 0.717) is 37.9 Å². The maximum atomic E-state index is 13.7. The SMILES string of the molecule is CCCCCC[C@H](C)OC(=O)C1CCc2cc(OC(=O)C3CC=C(CCCCC(F)(F)C(F)(F)C(F)(F)C(F)(F)F)CC3)ccc2C1. The molecule has 13 heteroatoms. The Morgan fingerprint density at radius 3 is 2.17 bits per heavy atom. The summed E-state index contributed by atoms with van der Waals surface area (Å²) in [5, 5.41) is 0. The van der Waals surface area contributed by atoms with E-state index in [1.165, 1.54) is 0 Å². The molecule has 1 aromatic carbocycles. The number of carbonyl (C=O) groups excluding carboxylic acids is 2. The number of hydrogen-bond donors (Lipinski definition) is 0. The highest BCUT2D eigenvalue weighted by molar-refractivity contribution is 5.76. The molecule has 0 saturated heterocycles. The molecule has 0 heterocycles. The maximum Gasteiger partial charge on any atom is 0.460 e. The summed E-state index contributed by atoms with van der Waals surface area (Å²) in [6.45, 7) is 4.06. The van der Waals surface area contributed by atoms with E-state index in [0.717, 1.165) is 48.8 Å². The number of halogens is 9. The van der Waals surface area contributed by atoms with E-state index < -0.39 is 48.7 Å². The number of hydrogen-bond acceptors (Lipinski definition) is 4. The number of unbranched alkanes of at least 4 members (excludes halogenated alkanes) is 4. The van der Waals surface area contributed by atoms with E-state index in [2.05, 4.69) is 6.92 Å². The molecule has 2 unspecified atom stereocenters. The lowest BCUT2D eigenvalue weighted by molar-refractivity contribution is -0.396. The molecule has 1 aromatic rings. The topological polar surface area (TPSA) is 52.6 Å². The molecule has 3 atom stereocenters. The monoisotopic (exact) mass is 686 g/mol. The van der Waals surface area contributed by atoms with E-state index in [4.69, 9.17) is 9.47 Å². The van der Waals surface area contributed by atoms with Crippen LogP contribution in [0.3, 0.4) is 0 Å². The second-order valence-electron chi connectivity index (χ2n) is 12.8. The molecule has 2 aliphatic carbocycles. The highest BCUT2D eigenvalue weighted by Gasteiger charge is 2.81. The Labute approximate surface area is 269 Å². The number of ether oxygens (including phenoxy) is 2. The van der Waals surface area contributed by atoms with Gasteiger partial charge >= 0.3 is 35.9 Å². The Kier molecular flexibility index (Phi) is 13.3. The van der Waals surface area contributed by atoms with Crippen LogP contribution in [0.4, 0.5) is 39.5 Å². The molecular weight excluding hydrogens is 643 g/mol. The summed E-state index contributed by atoms with van der Waals surface area (Å²) in [7, 11) is 0. The van der Waals surface area contributed by atoms with E-state index >= 15 is 0 Å². The third kappa shape index (κ3) is 9.90. The summed E-state index contributed by atoms with van der Waals surface area (Å²) >= 11 is 0. The van der Waals surface area contributed by atoms with Crippen molar-refractivity contribution >= 4 is 11.9 Å². The lowest BCUT2D eigenvalue weighted by Gasteiger charge is -2.33. The van der Waals surface area contributed by atoms with Gasteiger partial charge in [-0.1, -0.05) is 43.9 Å². The van der Waals surface area contributed by atoms with Crippen molar-refractivity contribution in [1.29, 1.82) is 0 Å². The predicted octanol–water partition coefficient (Wildman–Crippen LogP) is 10.4. The van der Waals surface area contributed by atoms with Crippen LogP contribution in [-0.4, -0.2) is 42.0 Å². The quantitative estimate of drug-likeness (QED) is 0.0571. The molecule has 47 heavy (non-hydrogen) atoms. The highest BCUT2D eigenvalue weighted by Crippen LogP contribution is 2.54. The molecule has 3 rings (SSSR count). The zero-order valence-electron chi connectivity index (χ0n) is 26.7. The van der Waals surface area contributed by atoms with Crippen molar-refractivity contribution < 1.29 is 58.6 Å². The first-order valence-electron chi connectivity index (χ1n) is 16.3. The summed E-state index contributed by atoms with van der Waals surface area (Å²) in [6, 6.07) is 5.31. The molecular formula is C34H43F9O4. The van der Waals surface area contributed by atoms with Crippen molar-refractivity contribution in [2.24, 2.45) is 11.8 Å². The Balaban J connectivity index is 1.43. The average Bonchev–Trinajstić information content (AvgIpc) is 3.00. The van der Waals surface area contributed by atoms with Crippen molar-refractivity contribution in [2.75, 3.05) is 0 Å². The first kappa shape index (κ1) is 38.7. The number of esters is 2. The molecule has 266 valence electrons. The van der Waals surface area contributed by atoms with E-state index in [1.54, 1.807) is 18.2 Å². The second-order valence-corrected chi connectivity index (χ2v) is 12.8. The van der Waals surface area contributed by atoms with Crippen molar-refractivity contribution in [3.8, 4) is 5.75 Å². The normalized spacial score (nSPS) is 19.9. The standard InChI is InChI=1S/C34H43F9O4/c1-3-4-5-6-9-22(2)46-30(45)27-16-15-26-21-28(18-17-25(26)20-27)47-29(44)24-13-11-23(12-14-24)10-7-8-19-31(35,36)32(37,38)33(39,40)34(41,42)43/h11,17-18,21-22,24,27H,3-10,12-16,19-20H2,1-2H3/t22-,24?,27?/m0/s1. The molecule has 0 N–H and O–H groups in total. The number of allylic oxidation sites excluding steroid dienone is 2. The molecule has 0 aliphatic heterocycles. The van der Waals surface area contributed by atoms with Gasteiger partial charge in [-0.2, -0.15) is 39.5 Å². The lowest BCUT2D eigenvalue weighted by atomic mass is 9.84. The van der Waals surface area contributed by atoms with Gasteiger partial charge in [-0.15, -0.1) is 0 Å². The highest BCUT2D eigenvalue weighted by atomic mass is 19.4. The van der Waals surface area contributed by atoms with Crippen molar-refractivity contribution in [2.45, 2.75) is 140 Å². The van der Waals surface area contributed by atoms with Gasteiger partial charge in [-0.05, 0) is 101 Å². The molecule has 0 radical (unpaired) electrons. The molecule has 4 nitrogen and oxygen atoms in total. The molecule has 2 aliphatic rings. The van der Waals surface area contributed by atoms with Crippen LogP contribution in [0.15, 0.2) is 29.8 Å². The molecule has 0 bridgehead atoms. The first-order chi connectivity index (χ1) is 21.9. The Morgan fingerprint density at radius 2 is 1.53 bits per heavy atom. The summed E-state index contributed by atoms with van der Waals surface area (Å²) in [4.78, 5) is 25.5. The van der Waals surface area contributed by atoms with Gasteiger partial charge in [0, 0.05) is 6.42 Å². The first-order valence-corrected chi connectivity index (χ1v) is 16.3. The lowest BCUT2D eigenvalue weighted by Crippen LogP contribution is -2.60. The minimum atomic E-state index is -6.87. The largest absolute Gasteiger partial charge is 0.462 e. The fourth-order valence-electron chi connectivity index (χ4n) is 6.00. The Bertz CT molecular complexity index is 1240. The van der Waals surface area contributed by atoms with Crippen LogP contribution in [0.25, 0.3) is 0 Å². The fourth-order valence-corrected chi connectivity index (χ4v) is 6.00. The molecule has 0 amide bonds. The zero-order valence-corrected chi connectivity index (χ0v) is 26.7. The van der Waals surface area contributed by atoms with Crippen LogP contribution in [0, 0.1) is 11.8 Å². The van der Waals surface area contributed by atoms with Gasteiger partial charge in [-0.3, -0.25) is 9.59 Å². The minimum absolute atomic E-state index is 0.125. The van der Waals surface area contributed by atoms with Gasteiger partial charge in [0.15, 0.2) is 0 Å². The van der Waals surface area contributed by atoms with Gasteiger partial charge in [0.2, 0.25) is 0 Å². The maximum absolute atomic E-state index is 13.7.